The summed E-state index contributed by atoms with van der Waals surface area (Å²) in [5.74, 6) is -0.301. The molecule has 130 valence electrons. The summed E-state index contributed by atoms with van der Waals surface area (Å²) in [6.45, 7) is 0. The van der Waals surface area contributed by atoms with Crippen molar-refractivity contribution < 1.29 is 13.9 Å². The highest BCUT2D eigenvalue weighted by Crippen LogP contribution is 2.37. The van der Waals surface area contributed by atoms with E-state index in [2.05, 4.69) is 5.32 Å². The summed E-state index contributed by atoms with van der Waals surface area (Å²) in [4.78, 5) is 12.7. The predicted octanol–water partition coefficient (Wildman–Crippen LogP) is 3.97. The van der Waals surface area contributed by atoms with Crippen LogP contribution in [0.25, 0.3) is 11.1 Å². The van der Waals surface area contributed by atoms with E-state index in [1.165, 1.54) is 12.1 Å². The van der Waals surface area contributed by atoms with Gasteiger partial charge in [-0.25, -0.2) is 4.39 Å². The second kappa shape index (κ2) is 6.48. The Bertz CT molecular complexity index is 779. The fourth-order valence-electron chi connectivity index (χ4n) is 3.79. The zero-order chi connectivity index (χ0) is 17.4. The summed E-state index contributed by atoms with van der Waals surface area (Å²) in [5.41, 5.74) is 8.92. The number of ether oxygens (including phenoxy) is 1. The van der Waals surface area contributed by atoms with Crippen molar-refractivity contribution in [2.75, 3.05) is 11.1 Å². The first kappa shape index (κ1) is 16.1. The average molecular weight is 340 g/mol. The molecular weight excluding hydrogens is 319 g/mol. The molecule has 2 aromatic carbocycles. The molecule has 2 heterocycles. The highest BCUT2D eigenvalue weighted by molar-refractivity contribution is 5.96. The van der Waals surface area contributed by atoms with Crippen LogP contribution in [0, 0.1) is 11.7 Å². The van der Waals surface area contributed by atoms with Crippen LogP contribution in [-0.2, 0) is 9.53 Å². The monoisotopic (exact) mass is 340 g/mol. The number of anilines is 2. The third kappa shape index (κ3) is 3.37. The summed E-state index contributed by atoms with van der Waals surface area (Å²) in [6, 6.07) is 11.7. The molecule has 4 rings (SSSR count). The number of nitrogens with one attached hydrogen (secondary N) is 1. The molecule has 0 aliphatic carbocycles. The van der Waals surface area contributed by atoms with Crippen LogP contribution in [0.1, 0.15) is 25.7 Å². The quantitative estimate of drug-likeness (QED) is 0.831. The van der Waals surface area contributed by atoms with E-state index in [0.717, 1.165) is 36.8 Å². The minimum atomic E-state index is -0.276. The normalized spacial score (nSPS) is 24.9. The van der Waals surface area contributed by atoms with Gasteiger partial charge in [-0.3, -0.25) is 4.79 Å². The Morgan fingerprint density at radius 3 is 2.36 bits per heavy atom. The van der Waals surface area contributed by atoms with E-state index in [1.54, 1.807) is 18.2 Å². The van der Waals surface area contributed by atoms with Gasteiger partial charge in [0.1, 0.15) is 5.82 Å². The molecule has 0 saturated carbocycles. The van der Waals surface area contributed by atoms with Crippen molar-refractivity contribution >= 4 is 17.3 Å². The Labute approximate surface area is 146 Å². The fourth-order valence-corrected chi connectivity index (χ4v) is 3.79. The first-order valence-corrected chi connectivity index (χ1v) is 8.70. The highest BCUT2D eigenvalue weighted by atomic mass is 19.1. The van der Waals surface area contributed by atoms with E-state index in [-0.39, 0.29) is 29.9 Å². The number of fused-ring (bicyclic) bond motifs is 2. The van der Waals surface area contributed by atoms with E-state index < -0.39 is 0 Å². The summed E-state index contributed by atoms with van der Waals surface area (Å²) >= 11 is 0. The van der Waals surface area contributed by atoms with Crippen LogP contribution in [-0.4, -0.2) is 18.1 Å². The maximum atomic E-state index is 13.1. The second-order valence-corrected chi connectivity index (χ2v) is 6.92. The predicted molar refractivity (Wildman–Crippen MR) is 95.5 cm³/mol. The van der Waals surface area contributed by atoms with E-state index in [1.807, 2.05) is 12.1 Å². The molecule has 1 amide bonds. The molecule has 0 spiro atoms. The van der Waals surface area contributed by atoms with Crippen molar-refractivity contribution in [1.29, 1.82) is 0 Å². The molecular formula is C20H21FN2O2. The van der Waals surface area contributed by atoms with Crippen LogP contribution in [0.5, 0.6) is 0 Å². The van der Waals surface area contributed by atoms with Crippen LogP contribution in [0.3, 0.4) is 0 Å². The topological polar surface area (TPSA) is 64.3 Å². The maximum absolute atomic E-state index is 13.1. The Kier molecular flexibility index (Phi) is 4.17. The van der Waals surface area contributed by atoms with Crippen molar-refractivity contribution in [3.05, 3.63) is 48.3 Å². The first-order chi connectivity index (χ1) is 12.1. The molecule has 2 aliphatic heterocycles. The minimum absolute atomic E-state index is 0.00292. The van der Waals surface area contributed by atoms with Gasteiger partial charge in [0.05, 0.1) is 23.6 Å². The number of benzene rings is 2. The van der Waals surface area contributed by atoms with Gasteiger partial charge in [-0.1, -0.05) is 18.2 Å². The van der Waals surface area contributed by atoms with Crippen molar-refractivity contribution in [3.63, 3.8) is 0 Å². The van der Waals surface area contributed by atoms with Gasteiger partial charge in [-0.15, -0.1) is 0 Å². The average Bonchev–Trinajstić information content (AvgIpc) is 2.95. The highest BCUT2D eigenvalue weighted by Gasteiger charge is 2.38. The number of nitrogen functional groups attached to an aromatic ring is 1. The van der Waals surface area contributed by atoms with Crippen LogP contribution in [0.15, 0.2) is 42.5 Å². The number of hydrogen-bond acceptors (Lipinski definition) is 3. The molecule has 2 aromatic rings. The molecule has 2 fully saturated rings. The summed E-state index contributed by atoms with van der Waals surface area (Å²) in [6.07, 6.45) is 4.10. The molecule has 2 unspecified atom stereocenters. The number of nitrogens with two attached hydrogens (primary N) is 1. The Balaban J connectivity index is 1.52. The first-order valence-electron chi connectivity index (χ1n) is 8.70. The molecule has 0 radical (unpaired) electrons. The maximum Gasteiger partial charge on any atom is 0.227 e. The SMILES string of the molecule is Nc1ccc(-c2ccc(F)cc2)cc1NC(=O)C1CC2CCC(C1)O2. The van der Waals surface area contributed by atoms with Gasteiger partial charge >= 0.3 is 0 Å². The smallest absolute Gasteiger partial charge is 0.227 e. The van der Waals surface area contributed by atoms with Gasteiger partial charge in [0.15, 0.2) is 0 Å². The standard InChI is InChI=1S/C20H21FN2O2/c21-15-4-1-12(2-5-15)13-3-8-18(22)19(11-13)23-20(24)14-9-16-6-7-17(10-14)25-16/h1-5,8,11,14,16-17H,6-7,9-10,22H2,(H,23,24). The number of rotatable bonds is 3. The summed E-state index contributed by atoms with van der Waals surface area (Å²) in [5, 5.41) is 2.98. The number of halogens is 1. The molecule has 2 saturated heterocycles. The van der Waals surface area contributed by atoms with Crippen LogP contribution >= 0.6 is 0 Å². The molecule has 2 atom stereocenters. The Morgan fingerprint density at radius 2 is 1.68 bits per heavy atom. The zero-order valence-electron chi connectivity index (χ0n) is 13.9. The lowest BCUT2D eigenvalue weighted by Crippen LogP contribution is -2.33. The largest absolute Gasteiger partial charge is 0.397 e. The van der Waals surface area contributed by atoms with Crippen LogP contribution in [0.4, 0.5) is 15.8 Å². The summed E-state index contributed by atoms with van der Waals surface area (Å²) in [7, 11) is 0. The van der Waals surface area contributed by atoms with Crippen molar-refractivity contribution in [3.8, 4) is 11.1 Å². The lowest BCUT2D eigenvalue weighted by Gasteiger charge is -2.27. The van der Waals surface area contributed by atoms with Gasteiger partial charge in [-0.05, 0) is 61.1 Å². The molecule has 25 heavy (non-hydrogen) atoms. The van der Waals surface area contributed by atoms with E-state index in [0.29, 0.717) is 11.4 Å². The lowest BCUT2D eigenvalue weighted by molar-refractivity contribution is -0.125. The van der Waals surface area contributed by atoms with Crippen LogP contribution in [0.2, 0.25) is 0 Å². The van der Waals surface area contributed by atoms with Crippen molar-refractivity contribution in [1.82, 2.24) is 0 Å². The third-order valence-corrected chi connectivity index (χ3v) is 5.15. The molecule has 0 aromatic heterocycles. The van der Waals surface area contributed by atoms with E-state index in [4.69, 9.17) is 10.5 Å². The molecule has 5 heteroatoms. The molecule has 2 aliphatic rings. The fraction of sp³-hybridized carbons (Fsp3) is 0.350. The van der Waals surface area contributed by atoms with Gasteiger partial charge in [0.25, 0.3) is 0 Å². The third-order valence-electron chi connectivity index (χ3n) is 5.15. The van der Waals surface area contributed by atoms with Crippen LogP contribution < -0.4 is 11.1 Å². The van der Waals surface area contributed by atoms with Crippen molar-refractivity contribution in [2.45, 2.75) is 37.9 Å². The Morgan fingerprint density at radius 1 is 1.04 bits per heavy atom. The van der Waals surface area contributed by atoms with Gasteiger partial charge in [-0.2, -0.15) is 0 Å². The Hall–Kier alpha value is -2.40. The van der Waals surface area contributed by atoms with E-state index >= 15 is 0 Å². The number of amides is 1. The molecule has 4 nitrogen and oxygen atoms in total. The van der Waals surface area contributed by atoms with Gasteiger partial charge in [0, 0.05) is 5.92 Å². The summed E-state index contributed by atoms with van der Waals surface area (Å²) < 4.78 is 18.9. The number of carbonyl (C=O) groups is 1. The van der Waals surface area contributed by atoms with Crippen molar-refractivity contribution in [2.24, 2.45) is 5.92 Å². The van der Waals surface area contributed by atoms with E-state index in [9.17, 15) is 9.18 Å². The minimum Gasteiger partial charge on any atom is -0.397 e. The van der Waals surface area contributed by atoms with Gasteiger partial charge < -0.3 is 15.8 Å². The lowest BCUT2D eigenvalue weighted by atomic mass is 9.94. The molecule has 2 bridgehead atoms. The molecule has 3 N–H and O–H groups in total. The second-order valence-electron chi connectivity index (χ2n) is 6.92. The number of hydrogen-bond donors (Lipinski definition) is 2. The zero-order valence-corrected chi connectivity index (χ0v) is 13.9. The van der Waals surface area contributed by atoms with Gasteiger partial charge in [0.2, 0.25) is 5.91 Å². The number of carbonyl (C=O) groups excluding carboxylic acids is 1.